The number of hydrogen-bond donors (Lipinski definition) is 0. The van der Waals surface area contributed by atoms with Gasteiger partial charge in [-0.25, -0.2) is 4.98 Å². The summed E-state index contributed by atoms with van der Waals surface area (Å²) in [6.07, 6.45) is 6.78. The minimum Gasteiger partial charge on any atom is -0.340 e. The fraction of sp³-hybridized carbons (Fsp3) is 0.316. The second-order valence-corrected chi connectivity index (χ2v) is 6.07. The van der Waals surface area contributed by atoms with Gasteiger partial charge in [-0.3, -0.25) is 0 Å². The van der Waals surface area contributed by atoms with Gasteiger partial charge in [0.05, 0.1) is 11.9 Å². The lowest BCUT2D eigenvalue weighted by molar-refractivity contribution is 0.726. The Morgan fingerprint density at radius 2 is 1.61 bits per heavy atom. The molecule has 1 aliphatic heterocycles. The van der Waals surface area contributed by atoms with Crippen molar-refractivity contribution in [1.82, 2.24) is 15.2 Å². The minimum atomic E-state index is 0.761. The molecule has 2 aromatic carbocycles. The highest BCUT2D eigenvalue weighted by Crippen LogP contribution is 2.27. The van der Waals surface area contributed by atoms with Crippen LogP contribution in [0.1, 0.15) is 25.7 Å². The van der Waals surface area contributed by atoms with Crippen LogP contribution in [0.15, 0.2) is 48.7 Å². The van der Waals surface area contributed by atoms with Gasteiger partial charge in [0.2, 0.25) is 5.95 Å². The van der Waals surface area contributed by atoms with Crippen molar-refractivity contribution in [1.29, 1.82) is 0 Å². The fourth-order valence-electron chi connectivity index (χ4n) is 3.28. The van der Waals surface area contributed by atoms with Gasteiger partial charge in [0, 0.05) is 18.7 Å². The van der Waals surface area contributed by atoms with E-state index in [1.165, 1.54) is 36.5 Å². The molecule has 116 valence electrons. The van der Waals surface area contributed by atoms with E-state index < -0.39 is 0 Å². The van der Waals surface area contributed by atoms with Crippen LogP contribution in [0.25, 0.3) is 22.0 Å². The van der Waals surface area contributed by atoms with Crippen LogP contribution >= 0.6 is 0 Å². The molecular weight excluding hydrogens is 284 g/mol. The van der Waals surface area contributed by atoms with Crippen molar-refractivity contribution in [2.75, 3.05) is 18.0 Å². The summed E-state index contributed by atoms with van der Waals surface area (Å²) < 4.78 is 0. The van der Waals surface area contributed by atoms with Crippen LogP contribution in [0.3, 0.4) is 0 Å². The van der Waals surface area contributed by atoms with Gasteiger partial charge in [-0.2, -0.15) is 5.10 Å². The summed E-state index contributed by atoms with van der Waals surface area (Å²) in [7, 11) is 0. The molecule has 0 atom stereocenters. The molecule has 0 aliphatic carbocycles. The standard InChI is InChI=1S/C19H20N4/c1-2-6-13-23(12-5-1)19-21-18(14-20-22-19)17-11-7-9-15-8-3-4-10-16(15)17/h3-4,7-11,14H,1-2,5-6,12-13H2. The van der Waals surface area contributed by atoms with Crippen LogP contribution in [0.2, 0.25) is 0 Å². The summed E-state index contributed by atoms with van der Waals surface area (Å²) in [6, 6.07) is 14.7. The summed E-state index contributed by atoms with van der Waals surface area (Å²) in [5.41, 5.74) is 2.02. The zero-order chi connectivity index (χ0) is 15.5. The molecule has 1 aliphatic rings. The number of aromatic nitrogens is 3. The Morgan fingerprint density at radius 3 is 2.48 bits per heavy atom. The second kappa shape index (κ2) is 6.32. The summed E-state index contributed by atoms with van der Waals surface area (Å²) in [5.74, 6) is 0.761. The van der Waals surface area contributed by atoms with Gasteiger partial charge in [0.15, 0.2) is 0 Å². The van der Waals surface area contributed by atoms with Gasteiger partial charge >= 0.3 is 0 Å². The van der Waals surface area contributed by atoms with Crippen molar-refractivity contribution in [3.05, 3.63) is 48.7 Å². The first-order chi connectivity index (χ1) is 11.4. The van der Waals surface area contributed by atoms with Crippen LogP contribution in [0.4, 0.5) is 5.95 Å². The Kier molecular flexibility index (Phi) is 3.88. The molecule has 23 heavy (non-hydrogen) atoms. The van der Waals surface area contributed by atoms with E-state index in [2.05, 4.69) is 57.6 Å². The highest BCUT2D eigenvalue weighted by Gasteiger charge is 2.14. The molecule has 3 aromatic rings. The molecule has 0 N–H and O–H groups in total. The third-order valence-electron chi connectivity index (χ3n) is 4.50. The van der Waals surface area contributed by atoms with E-state index in [4.69, 9.17) is 4.98 Å². The average Bonchev–Trinajstić information content (AvgIpc) is 2.91. The quantitative estimate of drug-likeness (QED) is 0.715. The Bertz CT molecular complexity index is 802. The van der Waals surface area contributed by atoms with Crippen LogP contribution in [0.5, 0.6) is 0 Å². The molecule has 4 nitrogen and oxygen atoms in total. The maximum atomic E-state index is 4.81. The molecule has 1 saturated heterocycles. The summed E-state index contributed by atoms with van der Waals surface area (Å²) >= 11 is 0. The molecular formula is C19H20N4. The number of anilines is 1. The predicted molar refractivity (Wildman–Crippen MR) is 93.5 cm³/mol. The number of benzene rings is 2. The minimum absolute atomic E-state index is 0.761. The van der Waals surface area contributed by atoms with Gasteiger partial charge in [0.25, 0.3) is 0 Å². The third-order valence-corrected chi connectivity index (χ3v) is 4.50. The summed E-state index contributed by atoms with van der Waals surface area (Å²) in [6.45, 7) is 2.06. The van der Waals surface area contributed by atoms with E-state index in [9.17, 15) is 0 Å². The lowest BCUT2D eigenvalue weighted by Gasteiger charge is -2.19. The topological polar surface area (TPSA) is 41.9 Å². The molecule has 4 rings (SSSR count). The molecule has 0 spiro atoms. The van der Waals surface area contributed by atoms with Crippen molar-refractivity contribution in [2.24, 2.45) is 0 Å². The Hall–Kier alpha value is -2.49. The zero-order valence-electron chi connectivity index (χ0n) is 13.2. The van der Waals surface area contributed by atoms with E-state index in [1.807, 2.05) is 0 Å². The largest absolute Gasteiger partial charge is 0.340 e. The Morgan fingerprint density at radius 1 is 0.826 bits per heavy atom. The van der Waals surface area contributed by atoms with E-state index in [0.717, 1.165) is 30.3 Å². The van der Waals surface area contributed by atoms with E-state index >= 15 is 0 Å². The first kappa shape index (κ1) is 14.1. The Labute approximate surface area is 136 Å². The van der Waals surface area contributed by atoms with Gasteiger partial charge in [-0.1, -0.05) is 55.3 Å². The van der Waals surface area contributed by atoms with E-state index in [1.54, 1.807) is 6.20 Å². The van der Waals surface area contributed by atoms with Crippen LogP contribution in [0, 0.1) is 0 Å². The number of fused-ring (bicyclic) bond motifs is 1. The normalized spacial score (nSPS) is 15.6. The lowest BCUT2D eigenvalue weighted by Crippen LogP contribution is -2.26. The smallest absolute Gasteiger partial charge is 0.245 e. The van der Waals surface area contributed by atoms with Crippen molar-refractivity contribution in [2.45, 2.75) is 25.7 Å². The number of nitrogens with zero attached hydrogens (tertiary/aromatic N) is 4. The number of rotatable bonds is 2. The number of hydrogen-bond acceptors (Lipinski definition) is 4. The maximum Gasteiger partial charge on any atom is 0.245 e. The monoisotopic (exact) mass is 304 g/mol. The van der Waals surface area contributed by atoms with Crippen molar-refractivity contribution < 1.29 is 0 Å². The van der Waals surface area contributed by atoms with Crippen molar-refractivity contribution in [3.8, 4) is 11.3 Å². The highest BCUT2D eigenvalue weighted by atomic mass is 15.3. The first-order valence-electron chi connectivity index (χ1n) is 8.35. The SMILES string of the molecule is c1ccc2c(-c3cnnc(N4CCCCCC4)n3)cccc2c1. The van der Waals surface area contributed by atoms with Gasteiger partial charge in [-0.05, 0) is 23.6 Å². The molecule has 4 heteroatoms. The zero-order valence-corrected chi connectivity index (χ0v) is 13.2. The van der Waals surface area contributed by atoms with Gasteiger partial charge in [-0.15, -0.1) is 5.10 Å². The third kappa shape index (κ3) is 2.89. The first-order valence-corrected chi connectivity index (χ1v) is 8.35. The summed E-state index contributed by atoms with van der Waals surface area (Å²) in [5, 5.41) is 10.9. The van der Waals surface area contributed by atoms with Crippen molar-refractivity contribution >= 4 is 16.7 Å². The van der Waals surface area contributed by atoms with Gasteiger partial charge in [0.1, 0.15) is 0 Å². The predicted octanol–water partition coefficient (Wildman–Crippen LogP) is 4.07. The van der Waals surface area contributed by atoms with Crippen LogP contribution in [-0.4, -0.2) is 28.3 Å². The molecule has 0 amide bonds. The molecule has 0 bridgehead atoms. The molecule has 2 heterocycles. The molecule has 0 radical (unpaired) electrons. The Balaban J connectivity index is 1.75. The maximum absolute atomic E-state index is 4.81. The van der Waals surface area contributed by atoms with Crippen LogP contribution in [-0.2, 0) is 0 Å². The molecule has 0 saturated carbocycles. The van der Waals surface area contributed by atoms with Gasteiger partial charge < -0.3 is 4.90 Å². The van der Waals surface area contributed by atoms with Crippen LogP contribution < -0.4 is 4.90 Å². The van der Waals surface area contributed by atoms with Crippen molar-refractivity contribution in [3.63, 3.8) is 0 Å². The molecule has 0 unspecified atom stereocenters. The van der Waals surface area contributed by atoms with E-state index in [0.29, 0.717) is 0 Å². The lowest BCUT2D eigenvalue weighted by atomic mass is 10.0. The van der Waals surface area contributed by atoms with E-state index in [-0.39, 0.29) is 0 Å². The average molecular weight is 304 g/mol. The second-order valence-electron chi connectivity index (χ2n) is 6.07. The summed E-state index contributed by atoms with van der Waals surface area (Å²) in [4.78, 5) is 7.08. The molecule has 1 fully saturated rings. The highest BCUT2D eigenvalue weighted by molar-refractivity contribution is 5.95. The fourth-order valence-corrected chi connectivity index (χ4v) is 3.28. The molecule has 1 aromatic heterocycles.